The molecule has 6 nitrogen and oxygen atoms in total. The van der Waals surface area contributed by atoms with Gasteiger partial charge in [0.15, 0.2) is 0 Å². The summed E-state index contributed by atoms with van der Waals surface area (Å²) in [5, 5.41) is 16.2. The van der Waals surface area contributed by atoms with Crippen molar-refractivity contribution in [3.63, 3.8) is 0 Å². The molecule has 0 aliphatic carbocycles. The number of halogens is 1. The number of hydrogen-bond acceptors (Lipinski definition) is 6. The van der Waals surface area contributed by atoms with Gasteiger partial charge in [0.05, 0.1) is 4.47 Å². The third kappa shape index (κ3) is 5.70. The predicted octanol–water partition coefficient (Wildman–Crippen LogP) is 4.94. The van der Waals surface area contributed by atoms with Gasteiger partial charge in [-0.15, -0.1) is 0 Å². The maximum absolute atomic E-state index is 9.58. The van der Waals surface area contributed by atoms with Crippen LogP contribution in [0.25, 0.3) is 0 Å². The summed E-state index contributed by atoms with van der Waals surface area (Å²) in [6.07, 6.45) is 5.15. The topological polar surface area (TPSA) is 73.3 Å². The van der Waals surface area contributed by atoms with Gasteiger partial charge in [0, 0.05) is 25.0 Å². The second-order valence-corrected chi connectivity index (χ2v) is 8.40. The lowest BCUT2D eigenvalue weighted by molar-refractivity contribution is 0.331. The molecule has 1 saturated heterocycles. The molecule has 4 rings (SSSR count). The van der Waals surface area contributed by atoms with E-state index in [1.807, 2.05) is 12.1 Å². The van der Waals surface area contributed by atoms with Crippen LogP contribution in [0.2, 0.25) is 0 Å². The summed E-state index contributed by atoms with van der Waals surface area (Å²) in [7, 11) is 0. The fourth-order valence-electron chi connectivity index (χ4n) is 3.61. The summed E-state index contributed by atoms with van der Waals surface area (Å²) in [6.45, 7) is 4.12. The highest BCUT2D eigenvalue weighted by Gasteiger charge is 2.11. The zero-order chi connectivity index (χ0) is 20.8. The number of anilines is 3. The molecular formula is C23H26BrN5O. The average Bonchev–Trinajstić information content (AvgIpc) is 3.25. The number of aromatic nitrogens is 2. The highest BCUT2D eigenvalue weighted by atomic mass is 79.9. The largest absolute Gasteiger partial charge is 0.508 e. The molecule has 2 heterocycles. The van der Waals surface area contributed by atoms with Crippen molar-refractivity contribution in [2.75, 3.05) is 30.3 Å². The van der Waals surface area contributed by atoms with E-state index in [9.17, 15) is 5.11 Å². The maximum Gasteiger partial charge on any atom is 0.229 e. The first-order valence-corrected chi connectivity index (χ1v) is 11.1. The summed E-state index contributed by atoms with van der Waals surface area (Å²) >= 11 is 3.51. The van der Waals surface area contributed by atoms with Crippen LogP contribution in [0.15, 0.2) is 59.2 Å². The molecule has 0 bridgehead atoms. The number of aromatic hydroxyl groups is 1. The normalized spacial score (nSPS) is 14.0. The molecule has 1 aromatic heterocycles. The van der Waals surface area contributed by atoms with Crippen LogP contribution < -0.4 is 10.6 Å². The Bertz CT molecular complexity index is 974. The highest BCUT2D eigenvalue weighted by Crippen LogP contribution is 2.23. The molecule has 3 N–H and O–H groups in total. The van der Waals surface area contributed by atoms with Crippen LogP contribution in [0, 0.1) is 0 Å². The van der Waals surface area contributed by atoms with Crippen LogP contribution in [0.3, 0.4) is 0 Å². The summed E-state index contributed by atoms with van der Waals surface area (Å²) in [4.78, 5) is 11.4. The molecule has 0 radical (unpaired) electrons. The van der Waals surface area contributed by atoms with Crippen molar-refractivity contribution in [2.24, 2.45) is 0 Å². The number of rotatable bonds is 8. The van der Waals surface area contributed by atoms with Gasteiger partial charge in [-0.05, 0) is 83.7 Å². The Morgan fingerprint density at radius 1 is 1.03 bits per heavy atom. The molecule has 1 aliphatic rings. The second kappa shape index (κ2) is 9.91. The van der Waals surface area contributed by atoms with Crippen molar-refractivity contribution < 1.29 is 5.11 Å². The Morgan fingerprint density at radius 3 is 2.60 bits per heavy atom. The minimum absolute atomic E-state index is 0.286. The van der Waals surface area contributed by atoms with Gasteiger partial charge >= 0.3 is 0 Å². The molecule has 0 amide bonds. The van der Waals surface area contributed by atoms with Gasteiger partial charge in [-0.1, -0.05) is 24.3 Å². The zero-order valence-corrected chi connectivity index (χ0v) is 18.4. The first-order valence-electron chi connectivity index (χ1n) is 10.3. The number of likely N-dealkylation sites (tertiary alicyclic amines) is 1. The van der Waals surface area contributed by atoms with Crippen LogP contribution in [0.5, 0.6) is 5.75 Å². The Hall–Kier alpha value is -2.64. The SMILES string of the molecule is Oc1cccc(CCNc2nc(Nc3ccc(CN4CCCC4)cc3)ncc2Br)c1. The molecule has 1 fully saturated rings. The van der Waals surface area contributed by atoms with Gasteiger partial charge < -0.3 is 15.7 Å². The molecule has 3 aromatic rings. The van der Waals surface area contributed by atoms with Crippen LogP contribution in [-0.4, -0.2) is 39.6 Å². The highest BCUT2D eigenvalue weighted by molar-refractivity contribution is 9.10. The second-order valence-electron chi connectivity index (χ2n) is 7.54. The van der Waals surface area contributed by atoms with E-state index < -0.39 is 0 Å². The average molecular weight is 468 g/mol. The van der Waals surface area contributed by atoms with Gasteiger partial charge in [-0.3, -0.25) is 4.90 Å². The number of benzene rings is 2. The van der Waals surface area contributed by atoms with Gasteiger partial charge in [0.1, 0.15) is 11.6 Å². The maximum atomic E-state index is 9.58. The molecular weight excluding hydrogens is 442 g/mol. The molecule has 7 heteroatoms. The first kappa shape index (κ1) is 20.6. The van der Waals surface area contributed by atoms with Crippen molar-refractivity contribution in [2.45, 2.75) is 25.8 Å². The van der Waals surface area contributed by atoms with E-state index in [1.165, 1.54) is 31.5 Å². The van der Waals surface area contributed by atoms with Crippen molar-refractivity contribution in [1.29, 1.82) is 0 Å². The van der Waals surface area contributed by atoms with Gasteiger partial charge in [0.2, 0.25) is 5.95 Å². The number of nitrogens with zero attached hydrogens (tertiary/aromatic N) is 3. The lowest BCUT2D eigenvalue weighted by atomic mass is 10.1. The number of phenols is 1. The van der Waals surface area contributed by atoms with Crippen LogP contribution in [-0.2, 0) is 13.0 Å². The summed E-state index contributed by atoms with van der Waals surface area (Å²) < 4.78 is 0.810. The first-order chi connectivity index (χ1) is 14.7. The molecule has 2 aromatic carbocycles. The van der Waals surface area contributed by atoms with Crippen molar-refractivity contribution in [3.05, 3.63) is 70.3 Å². The Labute approximate surface area is 185 Å². The number of nitrogens with one attached hydrogen (secondary N) is 2. The Balaban J connectivity index is 1.34. The minimum Gasteiger partial charge on any atom is -0.508 e. The minimum atomic E-state index is 0.286. The molecule has 0 spiro atoms. The Morgan fingerprint density at radius 2 is 1.83 bits per heavy atom. The van der Waals surface area contributed by atoms with E-state index in [1.54, 1.807) is 18.3 Å². The van der Waals surface area contributed by atoms with Gasteiger partial charge in [-0.25, -0.2) is 4.98 Å². The van der Waals surface area contributed by atoms with Crippen molar-refractivity contribution in [1.82, 2.24) is 14.9 Å². The molecule has 0 atom stereocenters. The third-order valence-electron chi connectivity index (χ3n) is 5.18. The lowest BCUT2D eigenvalue weighted by Crippen LogP contribution is -2.18. The summed E-state index contributed by atoms with van der Waals surface area (Å²) in [5.41, 5.74) is 3.36. The van der Waals surface area contributed by atoms with E-state index in [0.717, 1.165) is 34.5 Å². The van der Waals surface area contributed by atoms with E-state index in [0.29, 0.717) is 12.5 Å². The van der Waals surface area contributed by atoms with Gasteiger partial charge in [0.25, 0.3) is 0 Å². The molecule has 30 heavy (non-hydrogen) atoms. The summed E-state index contributed by atoms with van der Waals surface area (Å²) in [5.74, 6) is 1.57. The summed E-state index contributed by atoms with van der Waals surface area (Å²) in [6, 6.07) is 15.8. The smallest absolute Gasteiger partial charge is 0.229 e. The molecule has 156 valence electrons. The monoisotopic (exact) mass is 467 g/mol. The molecule has 0 unspecified atom stereocenters. The van der Waals surface area contributed by atoms with E-state index in [-0.39, 0.29) is 5.75 Å². The van der Waals surface area contributed by atoms with Crippen LogP contribution >= 0.6 is 15.9 Å². The van der Waals surface area contributed by atoms with Crippen LogP contribution in [0.4, 0.5) is 17.5 Å². The molecule has 1 aliphatic heterocycles. The Kier molecular flexibility index (Phi) is 6.81. The fourth-order valence-corrected chi connectivity index (χ4v) is 3.94. The number of hydrogen-bond donors (Lipinski definition) is 3. The fraction of sp³-hybridized carbons (Fsp3) is 0.304. The van der Waals surface area contributed by atoms with E-state index in [4.69, 9.17) is 0 Å². The van der Waals surface area contributed by atoms with Crippen molar-refractivity contribution >= 4 is 33.4 Å². The predicted molar refractivity (Wildman–Crippen MR) is 124 cm³/mol. The van der Waals surface area contributed by atoms with Crippen molar-refractivity contribution in [3.8, 4) is 5.75 Å². The van der Waals surface area contributed by atoms with Gasteiger partial charge in [-0.2, -0.15) is 4.98 Å². The third-order valence-corrected chi connectivity index (χ3v) is 5.76. The zero-order valence-electron chi connectivity index (χ0n) is 16.8. The van der Waals surface area contributed by atoms with E-state index in [2.05, 4.69) is 65.7 Å². The van der Waals surface area contributed by atoms with Crippen LogP contribution in [0.1, 0.15) is 24.0 Å². The quantitative estimate of drug-likeness (QED) is 0.435. The molecule has 0 saturated carbocycles. The van der Waals surface area contributed by atoms with E-state index >= 15 is 0 Å². The number of phenolic OH excluding ortho intramolecular Hbond substituents is 1. The standard InChI is InChI=1S/C23H26BrN5O/c24-21-15-26-23(28-22(21)25-11-10-17-4-3-5-20(30)14-17)27-19-8-6-18(7-9-19)16-29-12-1-2-13-29/h3-9,14-15,30H,1-2,10-13,16H2,(H2,25,26,27,28). The lowest BCUT2D eigenvalue weighted by Gasteiger charge is -2.15.